The van der Waals surface area contributed by atoms with Crippen LogP contribution in [0.2, 0.25) is 0 Å². The molecule has 0 aliphatic rings. The molecule has 1 heterocycles. The Labute approximate surface area is 82.9 Å². The largest absolute Gasteiger partial charge is 0.480 e. The van der Waals surface area contributed by atoms with E-state index in [9.17, 15) is 4.79 Å². The maximum atomic E-state index is 10.3. The predicted molar refractivity (Wildman–Crippen MR) is 52.1 cm³/mol. The summed E-state index contributed by atoms with van der Waals surface area (Å²) in [6.45, 7) is 1.98. The zero-order valence-electron chi connectivity index (χ0n) is 8.19. The molecule has 0 amide bonds. The van der Waals surface area contributed by atoms with Crippen LogP contribution in [-0.2, 0) is 11.2 Å². The van der Waals surface area contributed by atoms with E-state index in [0.717, 1.165) is 18.6 Å². The number of carboxylic acid groups (broad SMARTS) is 1. The van der Waals surface area contributed by atoms with Crippen LogP contribution in [-0.4, -0.2) is 23.7 Å². The van der Waals surface area contributed by atoms with Crippen LogP contribution in [0.3, 0.4) is 0 Å². The van der Waals surface area contributed by atoms with Crippen molar-refractivity contribution in [2.75, 3.05) is 6.54 Å². The molecule has 0 saturated heterocycles. The SMILES string of the molecule is CC(CCc1ccco1)NCC(=O)O. The molecule has 0 spiro atoms. The van der Waals surface area contributed by atoms with Crippen molar-refractivity contribution < 1.29 is 14.3 Å². The van der Waals surface area contributed by atoms with Crippen LogP contribution < -0.4 is 5.32 Å². The van der Waals surface area contributed by atoms with Gasteiger partial charge in [-0.25, -0.2) is 0 Å². The average molecular weight is 197 g/mol. The smallest absolute Gasteiger partial charge is 0.317 e. The molecular weight excluding hydrogens is 182 g/mol. The Hall–Kier alpha value is -1.29. The van der Waals surface area contributed by atoms with Crippen LogP contribution in [0.25, 0.3) is 0 Å². The highest BCUT2D eigenvalue weighted by molar-refractivity contribution is 5.69. The van der Waals surface area contributed by atoms with E-state index in [-0.39, 0.29) is 12.6 Å². The molecule has 0 aromatic carbocycles. The first-order valence-corrected chi connectivity index (χ1v) is 4.66. The third kappa shape index (κ3) is 4.09. The number of hydrogen-bond acceptors (Lipinski definition) is 3. The van der Waals surface area contributed by atoms with Crippen molar-refractivity contribution in [1.29, 1.82) is 0 Å². The molecule has 0 saturated carbocycles. The van der Waals surface area contributed by atoms with Gasteiger partial charge in [0.05, 0.1) is 12.8 Å². The molecule has 1 aromatic rings. The van der Waals surface area contributed by atoms with Gasteiger partial charge in [-0.2, -0.15) is 0 Å². The zero-order chi connectivity index (χ0) is 10.4. The van der Waals surface area contributed by atoms with Crippen molar-refractivity contribution in [2.24, 2.45) is 0 Å². The Morgan fingerprint density at radius 2 is 2.50 bits per heavy atom. The van der Waals surface area contributed by atoms with E-state index in [1.807, 2.05) is 19.1 Å². The quantitative estimate of drug-likeness (QED) is 0.721. The average Bonchev–Trinajstić information content (AvgIpc) is 2.63. The first-order valence-electron chi connectivity index (χ1n) is 4.66. The van der Waals surface area contributed by atoms with Crippen molar-refractivity contribution in [3.05, 3.63) is 24.2 Å². The summed E-state index contributed by atoms with van der Waals surface area (Å²) in [6.07, 6.45) is 3.35. The highest BCUT2D eigenvalue weighted by Gasteiger charge is 2.05. The highest BCUT2D eigenvalue weighted by Crippen LogP contribution is 2.05. The van der Waals surface area contributed by atoms with Gasteiger partial charge in [-0.3, -0.25) is 4.79 Å². The molecule has 0 fully saturated rings. The van der Waals surface area contributed by atoms with E-state index in [2.05, 4.69) is 5.32 Å². The summed E-state index contributed by atoms with van der Waals surface area (Å²) in [5, 5.41) is 11.3. The van der Waals surface area contributed by atoms with Gasteiger partial charge in [0.15, 0.2) is 0 Å². The van der Waals surface area contributed by atoms with Crippen LogP contribution >= 0.6 is 0 Å². The number of rotatable bonds is 6. The summed E-state index contributed by atoms with van der Waals surface area (Å²) >= 11 is 0. The van der Waals surface area contributed by atoms with Crippen molar-refractivity contribution in [2.45, 2.75) is 25.8 Å². The van der Waals surface area contributed by atoms with E-state index >= 15 is 0 Å². The van der Waals surface area contributed by atoms with Crippen LogP contribution in [0.15, 0.2) is 22.8 Å². The van der Waals surface area contributed by atoms with Gasteiger partial charge >= 0.3 is 5.97 Å². The van der Waals surface area contributed by atoms with Gasteiger partial charge in [0.2, 0.25) is 0 Å². The summed E-state index contributed by atoms with van der Waals surface area (Å²) in [6, 6.07) is 3.96. The Balaban J connectivity index is 2.15. The van der Waals surface area contributed by atoms with Crippen molar-refractivity contribution in [1.82, 2.24) is 5.32 Å². The van der Waals surface area contributed by atoms with Gasteiger partial charge in [-0.05, 0) is 25.5 Å². The van der Waals surface area contributed by atoms with E-state index in [1.165, 1.54) is 0 Å². The Morgan fingerprint density at radius 1 is 1.71 bits per heavy atom. The van der Waals surface area contributed by atoms with Gasteiger partial charge in [-0.1, -0.05) is 0 Å². The lowest BCUT2D eigenvalue weighted by Crippen LogP contribution is -2.31. The molecule has 78 valence electrons. The van der Waals surface area contributed by atoms with Gasteiger partial charge < -0.3 is 14.8 Å². The van der Waals surface area contributed by atoms with Crippen molar-refractivity contribution >= 4 is 5.97 Å². The normalized spacial score (nSPS) is 12.6. The molecule has 0 radical (unpaired) electrons. The number of carboxylic acids is 1. The fourth-order valence-electron chi connectivity index (χ4n) is 1.18. The van der Waals surface area contributed by atoms with Crippen molar-refractivity contribution in [3.63, 3.8) is 0 Å². The molecule has 0 aliphatic carbocycles. The fourth-order valence-corrected chi connectivity index (χ4v) is 1.18. The Bertz CT molecular complexity index is 269. The highest BCUT2D eigenvalue weighted by atomic mass is 16.4. The van der Waals surface area contributed by atoms with E-state index in [1.54, 1.807) is 6.26 Å². The lowest BCUT2D eigenvalue weighted by Gasteiger charge is -2.10. The molecule has 4 heteroatoms. The monoisotopic (exact) mass is 197 g/mol. The topological polar surface area (TPSA) is 62.5 Å². The molecule has 1 rings (SSSR count). The number of furan rings is 1. The van der Waals surface area contributed by atoms with Gasteiger partial charge in [0.25, 0.3) is 0 Å². The second kappa shape index (κ2) is 5.44. The summed E-state index contributed by atoms with van der Waals surface area (Å²) in [7, 11) is 0. The molecule has 0 bridgehead atoms. The zero-order valence-corrected chi connectivity index (χ0v) is 8.19. The van der Waals surface area contributed by atoms with Gasteiger partial charge in [-0.15, -0.1) is 0 Å². The molecule has 1 unspecified atom stereocenters. The minimum absolute atomic E-state index is 0.0132. The number of carbonyl (C=O) groups is 1. The maximum absolute atomic E-state index is 10.3. The van der Waals surface area contributed by atoms with Gasteiger partial charge in [0, 0.05) is 12.5 Å². The minimum atomic E-state index is -0.824. The Morgan fingerprint density at radius 3 is 3.07 bits per heavy atom. The second-order valence-corrected chi connectivity index (χ2v) is 3.29. The summed E-state index contributed by atoms with van der Waals surface area (Å²) < 4.78 is 5.17. The van der Waals surface area contributed by atoms with Crippen LogP contribution in [0.1, 0.15) is 19.1 Å². The fraction of sp³-hybridized carbons (Fsp3) is 0.500. The second-order valence-electron chi connectivity index (χ2n) is 3.29. The first kappa shape index (κ1) is 10.8. The van der Waals surface area contributed by atoms with Crippen LogP contribution in [0.4, 0.5) is 0 Å². The summed E-state index contributed by atoms with van der Waals surface area (Å²) in [4.78, 5) is 10.3. The molecule has 0 aliphatic heterocycles. The number of nitrogens with one attached hydrogen (secondary N) is 1. The molecule has 1 atom stereocenters. The molecule has 1 aromatic heterocycles. The van der Waals surface area contributed by atoms with Crippen LogP contribution in [0, 0.1) is 0 Å². The molecule has 2 N–H and O–H groups in total. The third-order valence-electron chi connectivity index (χ3n) is 2.01. The standard InChI is InChI=1S/C10H15NO3/c1-8(11-7-10(12)13)4-5-9-3-2-6-14-9/h2-3,6,8,11H,4-5,7H2,1H3,(H,12,13). The summed E-state index contributed by atoms with van der Waals surface area (Å²) in [5.41, 5.74) is 0. The maximum Gasteiger partial charge on any atom is 0.317 e. The van der Waals surface area contributed by atoms with Crippen molar-refractivity contribution in [3.8, 4) is 0 Å². The van der Waals surface area contributed by atoms with E-state index < -0.39 is 5.97 Å². The lowest BCUT2D eigenvalue weighted by molar-refractivity contribution is -0.136. The minimum Gasteiger partial charge on any atom is -0.480 e. The number of hydrogen-bond donors (Lipinski definition) is 2. The van der Waals surface area contributed by atoms with E-state index in [0.29, 0.717) is 0 Å². The van der Waals surface area contributed by atoms with Gasteiger partial charge in [0.1, 0.15) is 5.76 Å². The molecular formula is C10H15NO3. The lowest BCUT2D eigenvalue weighted by atomic mass is 10.1. The van der Waals surface area contributed by atoms with Crippen LogP contribution in [0.5, 0.6) is 0 Å². The summed E-state index contributed by atoms with van der Waals surface area (Å²) in [5.74, 6) is 0.115. The molecule has 4 nitrogen and oxygen atoms in total. The molecule has 14 heavy (non-hydrogen) atoms. The number of aryl methyl sites for hydroxylation is 1. The predicted octanol–water partition coefficient (Wildman–Crippen LogP) is 1.27. The number of aliphatic carboxylic acids is 1. The van der Waals surface area contributed by atoms with E-state index in [4.69, 9.17) is 9.52 Å². The third-order valence-corrected chi connectivity index (χ3v) is 2.01. The first-order chi connectivity index (χ1) is 6.68. The Kier molecular flexibility index (Phi) is 4.19.